The van der Waals surface area contributed by atoms with Gasteiger partial charge in [0.1, 0.15) is 5.65 Å². The molecule has 1 aliphatic rings. The van der Waals surface area contributed by atoms with Gasteiger partial charge in [-0.15, -0.1) is 0 Å². The summed E-state index contributed by atoms with van der Waals surface area (Å²) >= 11 is 0. The van der Waals surface area contributed by atoms with Gasteiger partial charge in [0.15, 0.2) is 0 Å². The van der Waals surface area contributed by atoms with Crippen LogP contribution in [0.15, 0.2) is 42.7 Å². The minimum atomic E-state index is 0.101. The predicted octanol–water partition coefficient (Wildman–Crippen LogP) is 5.10. The van der Waals surface area contributed by atoms with Gasteiger partial charge < -0.3 is 19.2 Å². The van der Waals surface area contributed by atoms with Crippen molar-refractivity contribution in [1.82, 2.24) is 19.3 Å². The number of nitrogens with one attached hydrogen (secondary N) is 1. The first-order valence-electron chi connectivity index (χ1n) is 12.4. The van der Waals surface area contributed by atoms with Crippen LogP contribution in [0.1, 0.15) is 55.3 Å². The number of aromatic nitrogens is 3. The van der Waals surface area contributed by atoms with Gasteiger partial charge in [0.25, 0.3) is 0 Å². The summed E-state index contributed by atoms with van der Waals surface area (Å²) in [6.45, 7) is 9.42. The number of ether oxygens (including phenoxy) is 1. The number of likely N-dealkylation sites (tertiary alicyclic amines) is 1. The second-order valence-corrected chi connectivity index (χ2v) is 10.0. The minimum Gasteiger partial charge on any atom is -0.395 e. The molecule has 6 nitrogen and oxygen atoms in total. The molecule has 1 atom stereocenters. The van der Waals surface area contributed by atoms with E-state index in [1.807, 2.05) is 12.4 Å². The summed E-state index contributed by atoms with van der Waals surface area (Å²) in [7, 11) is 1.71. The molecule has 1 aliphatic heterocycles. The fourth-order valence-corrected chi connectivity index (χ4v) is 5.72. The molecule has 5 rings (SSSR count). The number of rotatable bonds is 7. The van der Waals surface area contributed by atoms with Crippen LogP contribution in [0.2, 0.25) is 0 Å². The Kier molecular flexibility index (Phi) is 6.47. The van der Waals surface area contributed by atoms with Crippen LogP contribution in [0.4, 0.5) is 0 Å². The number of hydrogen-bond acceptors (Lipinski definition) is 4. The summed E-state index contributed by atoms with van der Waals surface area (Å²) in [5.74, 6) is 0.945. The van der Waals surface area contributed by atoms with Crippen molar-refractivity contribution in [3.63, 3.8) is 0 Å². The van der Waals surface area contributed by atoms with Crippen LogP contribution in [-0.2, 0) is 4.74 Å². The first kappa shape index (κ1) is 23.1. The topological polar surface area (TPSA) is 65.8 Å². The first-order valence-corrected chi connectivity index (χ1v) is 12.4. The van der Waals surface area contributed by atoms with Crippen molar-refractivity contribution >= 4 is 16.6 Å². The Hall–Kier alpha value is -2.67. The molecule has 34 heavy (non-hydrogen) atoms. The van der Waals surface area contributed by atoms with Crippen molar-refractivity contribution in [1.29, 1.82) is 0 Å². The van der Waals surface area contributed by atoms with Crippen molar-refractivity contribution < 1.29 is 9.84 Å². The number of pyridine rings is 1. The Bertz CT molecular complexity index is 1280. The van der Waals surface area contributed by atoms with Gasteiger partial charge in [-0.3, -0.25) is 4.90 Å². The third kappa shape index (κ3) is 4.15. The van der Waals surface area contributed by atoms with E-state index < -0.39 is 0 Å². The van der Waals surface area contributed by atoms with Crippen molar-refractivity contribution in [2.45, 2.75) is 51.5 Å². The van der Waals surface area contributed by atoms with Gasteiger partial charge in [-0.05, 0) is 80.1 Å². The zero-order chi connectivity index (χ0) is 23.8. The largest absolute Gasteiger partial charge is 0.395 e. The molecule has 0 amide bonds. The number of benzene rings is 1. The SMILES string of the molecule is COCC(CO)N1CCC(c2ccc3[nH]c(-c4cc(C)n5ccnc5c4)c(C(C)C)c3c2)CC1. The van der Waals surface area contributed by atoms with E-state index in [-0.39, 0.29) is 12.6 Å². The van der Waals surface area contributed by atoms with Crippen molar-refractivity contribution in [2.75, 3.05) is 33.4 Å². The lowest BCUT2D eigenvalue weighted by Gasteiger charge is -2.36. The third-order valence-corrected chi connectivity index (χ3v) is 7.51. The molecule has 0 spiro atoms. The number of fused-ring (bicyclic) bond motifs is 2. The molecular weight excluding hydrogens is 424 g/mol. The molecule has 3 aromatic heterocycles. The van der Waals surface area contributed by atoms with Gasteiger partial charge >= 0.3 is 0 Å². The second kappa shape index (κ2) is 9.53. The number of aromatic amines is 1. The molecule has 0 saturated carbocycles. The van der Waals surface area contributed by atoms with E-state index in [9.17, 15) is 5.11 Å². The monoisotopic (exact) mass is 460 g/mol. The maximum atomic E-state index is 9.72. The molecule has 4 heterocycles. The molecule has 4 aromatic rings. The Morgan fingerprint density at radius 2 is 1.97 bits per heavy atom. The molecule has 180 valence electrons. The van der Waals surface area contributed by atoms with Gasteiger partial charge in [0.2, 0.25) is 0 Å². The number of hydrogen-bond donors (Lipinski definition) is 2. The van der Waals surface area contributed by atoms with Crippen LogP contribution in [0.5, 0.6) is 0 Å². The fourth-order valence-electron chi connectivity index (χ4n) is 5.72. The van der Waals surface area contributed by atoms with E-state index >= 15 is 0 Å². The molecule has 1 aromatic carbocycles. The number of aliphatic hydroxyl groups excluding tert-OH is 1. The number of piperidine rings is 1. The van der Waals surface area contributed by atoms with E-state index in [0.29, 0.717) is 18.4 Å². The molecule has 0 aliphatic carbocycles. The van der Waals surface area contributed by atoms with Crippen LogP contribution < -0.4 is 0 Å². The number of aryl methyl sites for hydroxylation is 1. The third-order valence-electron chi connectivity index (χ3n) is 7.51. The molecule has 1 saturated heterocycles. The Labute approximate surface area is 201 Å². The van der Waals surface area contributed by atoms with Gasteiger partial charge in [0.05, 0.1) is 24.9 Å². The minimum absolute atomic E-state index is 0.101. The quantitative estimate of drug-likeness (QED) is 0.403. The number of imidazole rings is 1. The zero-order valence-corrected chi connectivity index (χ0v) is 20.7. The lowest BCUT2D eigenvalue weighted by Crippen LogP contribution is -2.45. The zero-order valence-electron chi connectivity index (χ0n) is 20.7. The summed E-state index contributed by atoms with van der Waals surface area (Å²) in [5.41, 5.74) is 8.55. The number of nitrogens with zero attached hydrogens (tertiary/aromatic N) is 3. The Morgan fingerprint density at radius 3 is 2.68 bits per heavy atom. The van der Waals surface area contributed by atoms with E-state index in [1.54, 1.807) is 7.11 Å². The Morgan fingerprint density at radius 1 is 1.18 bits per heavy atom. The highest BCUT2D eigenvalue weighted by Gasteiger charge is 2.26. The summed E-state index contributed by atoms with van der Waals surface area (Å²) in [6.07, 6.45) is 6.08. The summed E-state index contributed by atoms with van der Waals surface area (Å²) in [5, 5.41) is 11.1. The maximum Gasteiger partial charge on any atom is 0.137 e. The van der Waals surface area contributed by atoms with Gasteiger partial charge in [0, 0.05) is 41.7 Å². The number of aliphatic hydroxyl groups is 1. The van der Waals surface area contributed by atoms with E-state index in [1.165, 1.54) is 39.0 Å². The number of methoxy groups -OCH3 is 1. The standard InChI is InChI=1S/C28H36N4O2/c1-18(2)27-24-14-21(20-7-10-31(11-8-20)23(16-33)17-34-4)5-6-25(24)30-28(27)22-13-19(3)32-12-9-29-26(32)15-22/h5-6,9,12-15,18,20,23,30,33H,7-8,10-11,16-17H2,1-4H3. The van der Waals surface area contributed by atoms with Crippen LogP contribution >= 0.6 is 0 Å². The normalized spacial score (nSPS) is 16.8. The molecule has 1 unspecified atom stereocenters. The number of H-pyrrole nitrogens is 1. The van der Waals surface area contributed by atoms with Gasteiger partial charge in [-0.25, -0.2) is 4.98 Å². The highest BCUT2D eigenvalue weighted by molar-refractivity contribution is 5.92. The molecule has 1 fully saturated rings. The molecule has 0 bridgehead atoms. The summed E-state index contributed by atoms with van der Waals surface area (Å²) < 4.78 is 7.42. The molecule has 6 heteroatoms. The lowest BCUT2D eigenvalue weighted by molar-refractivity contribution is 0.0390. The van der Waals surface area contributed by atoms with Crippen LogP contribution in [0, 0.1) is 6.92 Å². The average Bonchev–Trinajstić information content (AvgIpc) is 3.47. The van der Waals surface area contributed by atoms with Crippen molar-refractivity contribution in [2.24, 2.45) is 0 Å². The van der Waals surface area contributed by atoms with Gasteiger partial charge in [-0.2, -0.15) is 0 Å². The van der Waals surface area contributed by atoms with Gasteiger partial charge in [-0.1, -0.05) is 19.9 Å². The van der Waals surface area contributed by atoms with Crippen LogP contribution in [0.25, 0.3) is 27.8 Å². The average molecular weight is 461 g/mol. The molecular formula is C28H36N4O2. The van der Waals surface area contributed by atoms with E-state index in [0.717, 1.165) is 31.6 Å². The fraction of sp³-hybridized carbons (Fsp3) is 0.464. The van der Waals surface area contributed by atoms with Crippen molar-refractivity contribution in [3.8, 4) is 11.3 Å². The molecule has 0 radical (unpaired) electrons. The first-order chi connectivity index (χ1) is 16.5. The summed E-state index contributed by atoms with van der Waals surface area (Å²) in [6, 6.07) is 11.5. The van der Waals surface area contributed by atoms with E-state index in [4.69, 9.17) is 4.74 Å². The summed E-state index contributed by atoms with van der Waals surface area (Å²) in [4.78, 5) is 10.6. The highest BCUT2D eigenvalue weighted by atomic mass is 16.5. The highest BCUT2D eigenvalue weighted by Crippen LogP contribution is 2.39. The second-order valence-electron chi connectivity index (χ2n) is 10.0. The van der Waals surface area contributed by atoms with Crippen LogP contribution in [-0.4, -0.2) is 63.8 Å². The van der Waals surface area contributed by atoms with Crippen molar-refractivity contribution in [3.05, 3.63) is 59.5 Å². The maximum absolute atomic E-state index is 9.72. The van der Waals surface area contributed by atoms with Crippen LogP contribution in [0.3, 0.4) is 0 Å². The lowest BCUT2D eigenvalue weighted by atomic mass is 9.87. The Balaban J connectivity index is 1.47. The smallest absolute Gasteiger partial charge is 0.137 e. The predicted molar refractivity (Wildman–Crippen MR) is 138 cm³/mol. The van der Waals surface area contributed by atoms with E-state index in [2.05, 4.69) is 70.4 Å². The molecule has 2 N–H and O–H groups in total.